The zero-order valence-corrected chi connectivity index (χ0v) is 10.8. The fraction of sp³-hybridized carbons (Fsp3) is 0.750. The molecule has 1 rings (SSSR count). The van der Waals surface area contributed by atoms with Crippen LogP contribution in [0.4, 0.5) is 0 Å². The normalized spacial score (nSPS) is 25.9. The number of likely N-dealkylation sites (tertiary alicyclic amines) is 1. The first-order valence-corrected chi connectivity index (χ1v) is 5.96. The Balaban J connectivity index is 2.71. The number of rotatable bonds is 5. The van der Waals surface area contributed by atoms with Crippen molar-refractivity contribution in [3.05, 3.63) is 0 Å². The highest BCUT2D eigenvalue weighted by Crippen LogP contribution is 2.39. The van der Waals surface area contributed by atoms with E-state index in [2.05, 4.69) is 0 Å². The molecule has 0 spiro atoms. The van der Waals surface area contributed by atoms with Crippen molar-refractivity contribution in [2.45, 2.75) is 39.7 Å². The maximum Gasteiger partial charge on any atom is 0.332 e. The number of carboxylic acids is 1. The maximum absolute atomic E-state index is 12.1. The summed E-state index contributed by atoms with van der Waals surface area (Å²) in [6.07, 6.45) is -1.54. The van der Waals surface area contributed by atoms with Gasteiger partial charge in [0.25, 0.3) is 0 Å². The molecule has 6 nitrogen and oxygen atoms in total. The van der Waals surface area contributed by atoms with Crippen LogP contribution in [0.5, 0.6) is 0 Å². The van der Waals surface area contributed by atoms with Crippen LogP contribution in [0, 0.1) is 11.3 Å². The fourth-order valence-electron chi connectivity index (χ4n) is 1.96. The summed E-state index contributed by atoms with van der Waals surface area (Å²) < 4.78 is 0. The van der Waals surface area contributed by atoms with Gasteiger partial charge >= 0.3 is 5.97 Å². The Labute approximate surface area is 106 Å². The van der Waals surface area contributed by atoms with Crippen molar-refractivity contribution in [3.8, 4) is 0 Å². The van der Waals surface area contributed by atoms with Crippen molar-refractivity contribution in [2.24, 2.45) is 11.3 Å². The molecule has 0 aromatic heterocycles. The van der Waals surface area contributed by atoms with Gasteiger partial charge in [0.2, 0.25) is 11.8 Å². The SMILES string of the molecule is CC(C)C1(C)CC(=O)N(CCC(O)C(=O)O)C1=O. The number of carbonyl (C=O) groups is 3. The number of carbonyl (C=O) groups excluding carboxylic acids is 2. The van der Waals surface area contributed by atoms with Gasteiger partial charge in [0, 0.05) is 19.4 Å². The van der Waals surface area contributed by atoms with Crippen molar-refractivity contribution < 1.29 is 24.6 Å². The summed E-state index contributed by atoms with van der Waals surface area (Å²) >= 11 is 0. The Kier molecular flexibility index (Phi) is 4.11. The van der Waals surface area contributed by atoms with Crippen LogP contribution in [-0.4, -0.2) is 45.5 Å². The van der Waals surface area contributed by atoms with Crippen molar-refractivity contribution in [1.82, 2.24) is 4.90 Å². The summed E-state index contributed by atoms with van der Waals surface area (Å²) in [6.45, 7) is 5.44. The number of amides is 2. The third-order valence-corrected chi connectivity index (χ3v) is 3.74. The number of imide groups is 1. The molecule has 1 aliphatic heterocycles. The van der Waals surface area contributed by atoms with Gasteiger partial charge in [-0.05, 0) is 12.8 Å². The maximum atomic E-state index is 12.1. The van der Waals surface area contributed by atoms with Gasteiger partial charge in [-0.15, -0.1) is 0 Å². The predicted octanol–water partition coefficient (Wildman–Crippen LogP) is 0.243. The van der Waals surface area contributed by atoms with Crippen molar-refractivity contribution in [1.29, 1.82) is 0 Å². The Bertz CT molecular complexity index is 379. The van der Waals surface area contributed by atoms with Crippen LogP contribution in [0.3, 0.4) is 0 Å². The van der Waals surface area contributed by atoms with Gasteiger partial charge in [-0.2, -0.15) is 0 Å². The summed E-state index contributed by atoms with van der Waals surface area (Å²) in [5.41, 5.74) is -0.717. The zero-order chi connectivity index (χ0) is 14.1. The second-order valence-corrected chi connectivity index (χ2v) is 5.24. The molecule has 18 heavy (non-hydrogen) atoms. The van der Waals surface area contributed by atoms with E-state index in [1.54, 1.807) is 6.92 Å². The van der Waals surface area contributed by atoms with Gasteiger partial charge in [0.1, 0.15) is 0 Å². The van der Waals surface area contributed by atoms with E-state index in [9.17, 15) is 14.4 Å². The second-order valence-electron chi connectivity index (χ2n) is 5.24. The summed E-state index contributed by atoms with van der Waals surface area (Å²) in [6, 6.07) is 0. The van der Waals surface area contributed by atoms with E-state index in [1.165, 1.54) is 0 Å². The summed E-state index contributed by atoms with van der Waals surface area (Å²) in [5, 5.41) is 17.7. The minimum absolute atomic E-state index is 0.0309. The number of aliphatic hydroxyl groups excluding tert-OH is 1. The first-order chi connectivity index (χ1) is 8.20. The van der Waals surface area contributed by atoms with Crippen molar-refractivity contribution >= 4 is 17.8 Å². The first-order valence-electron chi connectivity index (χ1n) is 5.96. The highest BCUT2D eigenvalue weighted by atomic mass is 16.4. The highest BCUT2D eigenvalue weighted by Gasteiger charge is 2.49. The lowest BCUT2D eigenvalue weighted by Crippen LogP contribution is -2.39. The molecule has 0 aliphatic carbocycles. The molecule has 2 amide bonds. The minimum atomic E-state index is -1.54. The van der Waals surface area contributed by atoms with Crippen LogP contribution < -0.4 is 0 Å². The Morgan fingerprint density at radius 3 is 2.39 bits per heavy atom. The van der Waals surface area contributed by atoms with Gasteiger partial charge in [0.15, 0.2) is 6.10 Å². The summed E-state index contributed by atoms with van der Waals surface area (Å²) in [4.78, 5) is 35.4. The van der Waals surface area contributed by atoms with Crippen molar-refractivity contribution in [3.63, 3.8) is 0 Å². The standard InChI is InChI=1S/C12H19NO5/c1-7(2)12(3)6-9(15)13(11(12)18)5-4-8(14)10(16)17/h7-8,14H,4-6H2,1-3H3,(H,16,17). The molecule has 6 heteroatoms. The fourth-order valence-corrected chi connectivity index (χ4v) is 1.96. The number of hydrogen-bond acceptors (Lipinski definition) is 4. The topological polar surface area (TPSA) is 94.9 Å². The third kappa shape index (κ3) is 2.53. The lowest BCUT2D eigenvalue weighted by molar-refractivity contribution is -0.149. The lowest BCUT2D eigenvalue weighted by atomic mass is 9.78. The largest absolute Gasteiger partial charge is 0.479 e. The zero-order valence-electron chi connectivity index (χ0n) is 10.8. The molecular formula is C12H19NO5. The molecule has 0 radical (unpaired) electrons. The van der Waals surface area contributed by atoms with Crippen molar-refractivity contribution in [2.75, 3.05) is 6.54 Å². The third-order valence-electron chi connectivity index (χ3n) is 3.74. The van der Waals surface area contributed by atoms with Crippen LogP contribution in [0.2, 0.25) is 0 Å². The molecule has 1 fully saturated rings. The molecule has 0 bridgehead atoms. The van der Waals surface area contributed by atoms with Crippen LogP contribution >= 0.6 is 0 Å². The van der Waals surface area contributed by atoms with Gasteiger partial charge in [-0.25, -0.2) is 4.79 Å². The van der Waals surface area contributed by atoms with E-state index >= 15 is 0 Å². The van der Waals surface area contributed by atoms with E-state index in [0.29, 0.717) is 0 Å². The van der Waals surface area contributed by atoms with Crippen LogP contribution in [0.25, 0.3) is 0 Å². The van der Waals surface area contributed by atoms with E-state index < -0.39 is 17.5 Å². The monoisotopic (exact) mass is 257 g/mol. The number of aliphatic hydroxyl groups is 1. The van der Waals surface area contributed by atoms with Gasteiger partial charge in [0.05, 0.1) is 5.41 Å². The lowest BCUT2D eigenvalue weighted by Gasteiger charge is -2.26. The molecule has 0 aromatic carbocycles. The molecule has 1 aliphatic rings. The average Bonchev–Trinajstić information content (AvgIpc) is 2.48. The smallest absolute Gasteiger partial charge is 0.332 e. The summed E-state index contributed by atoms with van der Waals surface area (Å²) in [5.74, 6) is -1.89. The predicted molar refractivity (Wildman–Crippen MR) is 62.5 cm³/mol. The molecule has 0 saturated carbocycles. The molecule has 1 saturated heterocycles. The molecule has 102 valence electrons. The molecule has 2 atom stereocenters. The van der Waals surface area contributed by atoms with Crippen LogP contribution in [0.1, 0.15) is 33.6 Å². The number of carboxylic acid groups (broad SMARTS) is 1. The highest BCUT2D eigenvalue weighted by molar-refractivity contribution is 6.05. The van der Waals surface area contributed by atoms with Gasteiger partial charge in [-0.1, -0.05) is 13.8 Å². The number of aliphatic carboxylic acids is 1. The van der Waals surface area contributed by atoms with E-state index in [1.807, 2.05) is 13.8 Å². The quantitative estimate of drug-likeness (QED) is 0.688. The summed E-state index contributed by atoms with van der Waals surface area (Å²) in [7, 11) is 0. The number of nitrogens with zero attached hydrogens (tertiary/aromatic N) is 1. The van der Waals surface area contributed by atoms with Crippen LogP contribution in [0.15, 0.2) is 0 Å². The van der Waals surface area contributed by atoms with E-state index in [-0.39, 0.29) is 37.1 Å². The van der Waals surface area contributed by atoms with Crippen LogP contribution in [-0.2, 0) is 14.4 Å². The average molecular weight is 257 g/mol. The Morgan fingerprint density at radius 1 is 1.44 bits per heavy atom. The molecule has 0 aromatic rings. The molecular weight excluding hydrogens is 238 g/mol. The van der Waals surface area contributed by atoms with E-state index in [0.717, 1.165) is 4.90 Å². The van der Waals surface area contributed by atoms with E-state index in [4.69, 9.17) is 10.2 Å². The minimum Gasteiger partial charge on any atom is -0.479 e. The molecule has 1 heterocycles. The van der Waals surface area contributed by atoms with Gasteiger partial charge < -0.3 is 10.2 Å². The first kappa shape index (κ1) is 14.6. The van der Waals surface area contributed by atoms with Gasteiger partial charge in [-0.3, -0.25) is 14.5 Å². The Morgan fingerprint density at radius 2 is 2.00 bits per heavy atom. The second kappa shape index (κ2) is 5.06. The Hall–Kier alpha value is -1.43. The number of hydrogen-bond donors (Lipinski definition) is 2. The molecule has 2 unspecified atom stereocenters. The molecule has 2 N–H and O–H groups in total.